The Morgan fingerprint density at radius 3 is 1.57 bits per heavy atom. The van der Waals surface area contributed by atoms with Crippen molar-refractivity contribution in [3.05, 3.63) is 96.1 Å². The normalized spacial score (nSPS) is 15.4. The molecule has 0 aliphatic carbocycles. The van der Waals surface area contributed by atoms with Crippen molar-refractivity contribution >= 4 is 114 Å². The molecule has 1 fully saturated rings. The van der Waals surface area contributed by atoms with E-state index in [1.165, 1.54) is 75.3 Å². The van der Waals surface area contributed by atoms with Crippen molar-refractivity contribution in [2.45, 2.75) is 151 Å². The fraction of sp³-hybridized carbons (Fsp3) is 0.500. The van der Waals surface area contributed by atoms with Crippen LogP contribution >= 0.6 is 19.6 Å². The lowest BCUT2D eigenvalue weighted by Gasteiger charge is -2.29. The van der Waals surface area contributed by atoms with Gasteiger partial charge in [0.2, 0.25) is 82.7 Å². The summed E-state index contributed by atoms with van der Waals surface area (Å²) in [5.74, 6) is -17.7. The summed E-state index contributed by atoms with van der Waals surface area (Å²) >= 11 is 1.15. The molecule has 14 amide bonds. The number of amides is 14. The Labute approximate surface area is 666 Å². The van der Waals surface area contributed by atoms with Gasteiger partial charge in [-0.25, -0.2) is 19.3 Å². The van der Waals surface area contributed by atoms with E-state index in [1.807, 2.05) is 0 Å². The quantitative estimate of drug-likeness (QED) is 0.00845. The highest BCUT2D eigenvalue weighted by molar-refractivity contribution is 7.98. The number of aliphatic carboxylic acids is 1. The standard InChI is InChI=1S/C68H99N22O24PS/c1-34(2)55(65(107)87-49(30-92)61(103)84-44(21-36-10-14-40(94)15-11-36)59(101)82-43(67(109)110)6-4-17-75-68(71)72)89-54(97)28-77-64(106)51-7-5-18-90(51)66(108)47(24-52(70)95)85-62(104)48(29-91)86-58(100)42(16-19-116-3)81-63(105)50(31-114-115(111,112)113)88-60(102)46(23-38-26-74-33-79-38)80-53(96)27-76-57(99)45(22-37-25-73-32-78-37)83-56(98)41(69)20-35-8-12-39(93)13-9-35/h8-15,25-26,32-34,41-51,55,91-94H,4-7,16-24,27-31,69H2,1-3H3,(H2,70,95)(H,73,78)(H,74,79)(H,76,99)(H,77,106)(H,80,96)(H,81,105)(H,82,101)(H,83,98)(H,84,103)(H,85,104)(H,86,100)(H,87,107)(H,88,102)(H,89,97)(H,109,110)(H4,71,72,75)(H2,111,112,113)/t41-,42-,43-,44-,45-,46-,47-,48-,49-,50-,51-,55-/m0/s1. The zero-order valence-corrected chi connectivity index (χ0v) is 64.9. The van der Waals surface area contributed by atoms with E-state index in [4.69, 9.17) is 22.9 Å². The van der Waals surface area contributed by atoms with Crippen LogP contribution in [0.15, 0.2) is 78.6 Å². The Morgan fingerprint density at radius 1 is 0.586 bits per heavy atom. The van der Waals surface area contributed by atoms with Crippen molar-refractivity contribution < 1.29 is 116 Å². The number of aliphatic imine (C=N–C) groups is 1. The molecule has 2 aromatic heterocycles. The molecule has 0 unspecified atom stereocenters. The fourth-order valence-electron chi connectivity index (χ4n) is 11.4. The van der Waals surface area contributed by atoms with Gasteiger partial charge in [-0.05, 0) is 91.8 Å². The lowest BCUT2D eigenvalue weighted by Crippen LogP contribution is -2.61. The van der Waals surface area contributed by atoms with E-state index in [0.717, 1.165) is 16.7 Å². The second-order valence-electron chi connectivity index (χ2n) is 26.8. The number of phenols is 2. The van der Waals surface area contributed by atoms with Gasteiger partial charge in [-0.3, -0.25) is 76.6 Å². The number of nitrogens with one attached hydrogen (secondary N) is 14. The van der Waals surface area contributed by atoms with Gasteiger partial charge in [0.25, 0.3) is 0 Å². The van der Waals surface area contributed by atoms with Crippen LogP contribution in [0.4, 0.5) is 0 Å². The van der Waals surface area contributed by atoms with Crippen molar-refractivity contribution in [3.63, 3.8) is 0 Å². The van der Waals surface area contributed by atoms with Gasteiger partial charge >= 0.3 is 13.8 Å². The number of primary amides is 1. The molecule has 3 heterocycles. The minimum atomic E-state index is -5.46. The van der Waals surface area contributed by atoms with E-state index in [-0.39, 0.29) is 93.4 Å². The number of aliphatic hydroxyl groups is 2. The number of rotatable bonds is 49. The maximum Gasteiger partial charge on any atom is 0.469 e. The number of phosphoric acid groups is 1. The summed E-state index contributed by atoms with van der Waals surface area (Å²) in [5, 5.41) is 78.3. The molecule has 1 saturated heterocycles. The average Bonchev–Trinajstić information content (AvgIpc) is 1.63. The number of thioether (sulfide) groups is 1. The molecule has 12 atom stereocenters. The van der Waals surface area contributed by atoms with Gasteiger partial charge in [0, 0.05) is 44.7 Å². The minimum absolute atomic E-state index is 0.000282. The molecule has 29 N–H and O–H groups in total. The lowest BCUT2D eigenvalue weighted by atomic mass is 10.0. The van der Waals surface area contributed by atoms with Crippen molar-refractivity contribution in [3.8, 4) is 11.5 Å². The molecular formula is C68H99N22O24PS. The number of phosphoric ester groups is 1. The first kappa shape index (κ1) is 94.7. The van der Waals surface area contributed by atoms with Gasteiger partial charge in [0.1, 0.15) is 78.0 Å². The fourth-order valence-corrected chi connectivity index (χ4v) is 12.2. The first-order chi connectivity index (χ1) is 54.9. The molecule has 0 radical (unpaired) electrons. The summed E-state index contributed by atoms with van der Waals surface area (Å²) in [6, 6.07) is -8.38. The summed E-state index contributed by atoms with van der Waals surface area (Å²) in [4.78, 5) is 242. The highest BCUT2D eigenvalue weighted by Gasteiger charge is 2.41. The summed E-state index contributed by atoms with van der Waals surface area (Å²) in [6.45, 7) is -2.43. The van der Waals surface area contributed by atoms with Crippen LogP contribution in [0.2, 0.25) is 0 Å². The van der Waals surface area contributed by atoms with Gasteiger partial charge in [-0.2, -0.15) is 11.8 Å². The van der Waals surface area contributed by atoms with Crippen LogP contribution in [0.3, 0.4) is 0 Å². The third-order valence-corrected chi connectivity index (χ3v) is 18.5. The zero-order chi connectivity index (χ0) is 85.9. The molecule has 46 nitrogen and oxygen atoms in total. The van der Waals surface area contributed by atoms with Crippen LogP contribution in [0.1, 0.15) is 74.9 Å². The molecule has 636 valence electrons. The van der Waals surface area contributed by atoms with Crippen LogP contribution < -0.4 is 86.7 Å². The van der Waals surface area contributed by atoms with Crippen LogP contribution in [-0.4, -0.2) is 285 Å². The Kier molecular flexibility index (Phi) is 38.4. The number of H-pyrrole nitrogens is 2. The van der Waals surface area contributed by atoms with E-state index >= 15 is 0 Å². The largest absolute Gasteiger partial charge is 0.508 e. The van der Waals surface area contributed by atoms with E-state index in [9.17, 15) is 112 Å². The number of nitrogens with zero attached hydrogens (tertiary/aromatic N) is 4. The van der Waals surface area contributed by atoms with Gasteiger partial charge in [-0.15, -0.1) is 0 Å². The predicted molar refractivity (Wildman–Crippen MR) is 408 cm³/mol. The number of carbonyl (C=O) groups is 15. The van der Waals surface area contributed by atoms with Crippen molar-refractivity contribution in [2.75, 3.05) is 58.0 Å². The Hall–Kier alpha value is -11.9. The number of carboxylic acid groups (broad SMARTS) is 1. The van der Waals surface area contributed by atoms with Gasteiger partial charge < -0.3 is 137 Å². The van der Waals surface area contributed by atoms with Crippen molar-refractivity contribution in [2.24, 2.45) is 33.8 Å². The molecule has 48 heteroatoms. The number of benzene rings is 2. The Bertz CT molecular complexity index is 4100. The number of carboxylic acids is 1. The molecule has 0 saturated carbocycles. The topological polar surface area (TPSA) is 745 Å². The molecule has 5 rings (SSSR count). The van der Waals surface area contributed by atoms with Crippen LogP contribution in [-0.2, 0) is 107 Å². The van der Waals surface area contributed by atoms with Gasteiger partial charge in [0.15, 0.2) is 5.96 Å². The van der Waals surface area contributed by atoms with E-state index in [2.05, 4.69) is 93.3 Å². The summed E-state index contributed by atoms with van der Waals surface area (Å²) in [7, 11) is -5.46. The predicted octanol–water partition coefficient (Wildman–Crippen LogP) is -9.27. The highest BCUT2D eigenvalue weighted by atomic mass is 32.2. The monoisotopic (exact) mass is 1670 g/mol. The maximum absolute atomic E-state index is 14.3. The van der Waals surface area contributed by atoms with E-state index < -0.39 is 221 Å². The number of hydrogen-bond donors (Lipinski definition) is 25. The van der Waals surface area contributed by atoms with Crippen LogP contribution in [0.5, 0.6) is 11.5 Å². The average molecular weight is 1670 g/mol. The Morgan fingerprint density at radius 2 is 1.05 bits per heavy atom. The molecule has 2 aromatic carbocycles. The third-order valence-electron chi connectivity index (χ3n) is 17.4. The zero-order valence-electron chi connectivity index (χ0n) is 63.2. The lowest BCUT2D eigenvalue weighted by molar-refractivity contribution is -0.143. The maximum atomic E-state index is 14.3. The first-order valence-corrected chi connectivity index (χ1v) is 38.9. The van der Waals surface area contributed by atoms with Gasteiger partial charge in [-0.1, -0.05) is 38.1 Å². The summed E-state index contributed by atoms with van der Waals surface area (Å²) in [6.07, 6.45) is 4.86. The molecule has 1 aliphatic rings. The summed E-state index contributed by atoms with van der Waals surface area (Å²) in [5.41, 5.74) is 23.8. The SMILES string of the molecule is CSCC[C@H](NC(=O)[C@H](COP(=O)(O)O)NC(=O)[C@H](Cc1c[nH]cn1)NC(=O)CNC(=O)[C@H](Cc1c[nH]cn1)NC(=O)[C@@H](N)Cc1ccc(O)cc1)C(=O)N[C@@H](CO)C(=O)N[C@@H](CC(N)=O)C(=O)N1CCC[C@H]1C(=O)NCC(=O)N[C@H](C(=O)N[C@@H](CO)C(=O)N[C@@H](Cc1ccc(O)cc1)C(=O)N[C@@H](CCCN=C(N)N)C(=O)O)C(C)C. The van der Waals surface area contributed by atoms with Crippen molar-refractivity contribution in [1.29, 1.82) is 0 Å². The first-order valence-electron chi connectivity index (χ1n) is 36.0. The number of imidazole rings is 2. The number of nitrogens with two attached hydrogens (primary N) is 4. The van der Waals surface area contributed by atoms with E-state index in [1.54, 1.807) is 18.4 Å². The van der Waals surface area contributed by atoms with Gasteiger partial charge in [0.05, 0.1) is 69.4 Å². The van der Waals surface area contributed by atoms with E-state index in [0.29, 0.717) is 16.8 Å². The second kappa shape index (κ2) is 47.1. The number of aromatic amines is 2. The molecule has 0 spiro atoms. The third kappa shape index (κ3) is 32.5. The van der Waals surface area contributed by atoms with Crippen LogP contribution in [0, 0.1) is 5.92 Å². The number of likely N-dealkylation sites (tertiary alicyclic amines) is 1. The van der Waals surface area contributed by atoms with Crippen LogP contribution in [0.25, 0.3) is 0 Å². The minimum Gasteiger partial charge on any atom is -0.508 e. The number of aromatic hydroxyl groups is 2. The smallest absolute Gasteiger partial charge is 0.469 e. The number of aliphatic hydroxyl groups excluding tert-OH is 2. The molecular weight excluding hydrogens is 1570 g/mol. The second-order valence-corrected chi connectivity index (χ2v) is 29.0. The number of phenolic OH excluding ortho intramolecular Hbond substituents is 2. The molecule has 0 bridgehead atoms. The van der Waals surface area contributed by atoms with Crippen molar-refractivity contribution in [1.82, 2.24) is 88.6 Å². The molecule has 1 aliphatic heterocycles. The number of aromatic nitrogens is 4. The molecule has 116 heavy (non-hydrogen) atoms. The highest BCUT2D eigenvalue weighted by Crippen LogP contribution is 2.35. The number of carbonyl (C=O) groups excluding carboxylic acids is 14. The number of guanidine groups is 1. The number of hydrogen-bond acceptors (Lipinski definition) is 26. The Balaban J connectivity index is 1.22. The summed E-state index contributed by atoms with van der Waals surface area (Å²) < 4.78 is 16.7. The molecule has 4 aromatic rings.